The molecule has 2 aliphatic heterocycles. The average Bonchev–Trinajstić information content (AvgIpc) is 2.77. The number of ether oxygens (including phenoxy) is 1. The Hall–Kier alpha value is -2.24. The highest BCUT2D eigenvalue weighted by atomic mass is 35.5. The lowest BCUT2D eigenvalue weighted by Crippen LogP contribution is -2.43. The van der Waals surface area contributed by atoms with Crippen LogP contribution in [0.5, 0.6) is 5.75 Å². The Kier molecular flexibility index (Phi) is 6.80. The molecule has 0 aromatic heterocycles. The monoisotopic (exact) mass is 427 g/mol. The lowest BCUT2D eigenvalue weighted by Gasteiger charge is -2.34. The molecule has 0 spiro atoms. The summed E-state index contributed by atoms with van der Waals surface area (Å²) in [4.78, 5) is 14.8. The Morgan fingerprint density at radius 2 is 1.93 bits per heavy atom. The van der Waals surface area contributed by atoms with E-state index in [1.165, 1.54) is 11.3 Å². The number of halogens is 1. The number of para-hydroxylation sites is 1. The van der Waals surface area contributed by atoms with Gasteiger partial charge in [0.1, 0.15) is 11.9 Å². The molecule has 0 aliphatic carbocycles. The molecule has 1 atom stereocenters. The number of nitrogens with one attached hydrogen (secondary N) is 2. The summed E-state index contributed by atoms with van der Waals surface area (Å²) in [6.07, 6.45) is 5.15. The van der Waals surface area contributed by atoms with Crippen molar-refractivity contribution < 1.29 is 9.53 Å². The second-order valence-corrected chi connectivity index (χ2v) is 8.63. The fourth-order valence-corrected chi connectivity index (χ4v) is 4.52. The second kappa shape index (κ2) is 9.71. The number of aryl methyl sites for hydroxylation is 1. The van der Waals surface area contributed by atoms with Crippen LogP contribution in [-0.4, -0.2) is 37.7 Å². The summed E-state index contributed by atoms with van der Waals surface area (Å²) in [5.41, 5.74) is 3.32. The molecule has 2 fully saturated rings. The van der Waals surface area contributed by atoms with E-state index in [0.717, 1.165) is 51.7 Å². The molecule has 30 heavy (non-hydrogen) atoms. The maximum atomic E-state index is 12.4. The average molecular weight is 428 g/mol. The number of rotatable bonds is 5. The molecule has 0 radical (unpaired) electrons. The first-order chi connectivity index (χ1) is 14.6. The normalized spacial score (nSPS) is 20.1. The first-order valence-electron chi connectivity index (χ1n) is 10.9. The molecule has 2 saturated heterocycles. The van der Waals surface area contributed by atoms with E-state index >= 15 is 0 Å². The van der Waals surface area contributed by atoms with Crippen LogP contribution in [0.15, 0.2) is 42.5 Å². The van der Waals surface area contributed by atoms with Gasteiger partial charge < -0.3 is 20.3 Å². The molecule has 160 valence electrons. The molecule has 2 aliphatic rings. The van der Waals surface area contributed by atoms with Crippen molar-refractivity contribution in [1.82, 2.24) is 5.32 Å². The van der Waals surface area contributed by atoms with Crippen molar-refractivity contribution in [3.63, 3.8) is 0 Å². The number of carbonyl (C=O) groups excluding carboxylic acids is 1. The van der Waals surface area contributed by atoms with E-state index in [4.69, 9.17) is 16.3 Å². The van der Waals surface area contributed by atoms with Crippen LogP contribution in [0.4, 0.5) is 11.4 Å². The van der Waals surface area contributed by atoms with E-state index in [0.29, 0.717) is 16.5 Å². The lowest BCUT2D eigenvalue weighted by molar-refractivity contribution is -0.118. The van der Waals surface area contributed by atoms with Gasteiger partial charge in [-0.15, -0.1) is 0 Å². The highest BCUT2D eigenvalue weighted by Gasteiger charge is 2.23. The van der Waals surface area contributed by atoms with Crippen molar-refractivity contribution in [3.8, 4) is 5.75 Å². The van der Waals surface area contributed by atoms with Crippen LogP contribution in [0.3, 0.4) is 0 Å². The van der Waals surface area contributed by atoms with Crippen molar-refractivity contribution >= 4 is 28.9 Å². The fraction of sp³-hybridized carbons (Fsp3) is 0.458. The number of amides is 1. The van der Waals surface area contributed by atoms with E-state index in [9.17, 15) is 4.79 Å². The predicted molar refractivity (Wildman–Crippen MR) is 123 cm³/mol. The SMILES string of the molecule is Cc1ccccc1N1CCC(Oc2ccc(NC(=O)[C@H]3CCCCN3)cc2Cl)CC1. The lowest BCUT2D eigenvalue weighted by atomic mass is 10.0. The van der Waals surface area contributed by atoms with Crippen molar-refractivity contribution in [2.75, 3.05) is 29.9 Å². The third kappa shape index (κ3) is 5.08. The topological polar surface area (TPSA) is 53.6 Å². The molecule has 0 unspecified atom stereocenters. The van der Waals surface area contributed by atoms with Gasteiger partial charge in [-0.3, -0.25) is 4.79 Å². The van der Waals surface area contributed by atoms with Gasteiger partial charge in [-0.05, 0) is 56.1 Å². The zero-order valence-corrected chi connectivity index (χ0v) is 18.3. The van der Waals surface area contributed by atoms with Crippen LogP contribution in [0.2, 0.25) is 5.02 Å². The minimum atomic E-state index is -0.119. The summed E-state index contributed by atoms with van der Waals surface area (Å²) in [6.45, 7) is 4.99. The molecule has 2 aromatic carbocycles. The molecule has 1 amide bonds. The number of nitrogens with zero attached hydrogens (tertiary/aromatic N) is 1. The molecule has 2 aromatic rings. The van der Waals surface area contributed by atoms with Gasteiger partial charge in [0.2, 0.25) is 5.91 Å². The number of carbonyl (C=O) groups is 1. The maximum absolute atomic E-state index is 12.4. The van der Waals surface area contributed by atoms with E-state index in [2.05, 4.69) is 46.7 Å². The van der Waals surface area contributed by atoms with E-state index in [1.54, 1.807) is 6.07 Å². The summed E-state index contributed by atoms with van der Waals surface area (Å²) in [5.74, 6) is 0.683. The van der Waals surface area contributed by atoms with Crippen molar-refractivity contribution in [3.05, 3.63) is 53.1 Å². The predicted octanol–water partition coefficient (Wildman–Crippen LogP) is 4.78. The number of hydrogen-bond acceptors (Lipinski definition) is 4. The van der Waals surface area contributed by atoms with Gasteiger partial charge in [0.15, 0.2) is 0 Å². The summed E-state index contributed by atoms with van der Waals surface area (Å²) in [6, 6.07) is 13.9. The minimum absolute atomic E-state index is 0.00279. The fourth-order valence-electron chi connectivity index (χ4n) is 4.29. The summed E-state index contributed by atoms with van der Waals surface area (Å²) < 4.78 is 6.19. The Morgan fingerprint density at radius 3 is 2.63 bits per heavy atom. The van der Waals surface area contributed by atoms with Crippen LogP contribution in [0.25, 0.3) is 0 Å². The van der Waals surface area contributed by atoms with E-state index in [1.807, 2.05) is 12.1 Å². The molecule has 4 rings (SSSR count). The van der Waals surface area contributed by atoms with Crippen LogP contribution >= 0.6 is 11.6 Å². The second-order valence-electron chi connectivity index (χ2n) is 8.23. The first-order valence-corrected chi connectivity index (χ1v) is 11.3. The largest absolute Gasteiger partial charge is 0.489 e. The molecular weight excluding hydrogens is 398 g/mol. The summed E-state index contributed by atoms with van der Waals surface area (Å²) in [7, 11) is 0. The van der Waals surface area contributed by atoms with Crippen molar-refractivity contribution in [2.45, 2.75) is 51.2 Å². The van der Waals surface area contributed by atoms with Gasteiger partial charge in [-0.2, -0.15) is 0 Å². The van der Waals surface area contributed by atoms with Crippen molar-refractivity contribution in [1.29, 1.82) is 0 Å². The van der Waals surface area contributed by atoms with Gasteiger partial charge in [-0.25, -0.2) is 0 Å². The number of piperidine rings is 2. The third-order valence-electron chi connectivity index (χ3n) is 6.02. The Morgan fingerprint density at radius 1 is 1.13 bits per heavy atom. The Labute approximate surface area is 183 Å². The molecule has 2 heterocycles. The molecule has 0 saturated carbocycles. The molecule has 2 N–H and O–H groups in total. The minimum Gasteiger partial charge on any atom is -0.489 e. The molecule has 0 bridgehead atoms. The van der Waals surface area contributed by atoms with Gasteiger partial charge in [-0.1, -0.05) is 36.2 Å². The smallest absolute Gasteiger partial charge is 0.241 e. The van der Waals surface area contributed by atoms with Gasteiger partial charge in [0, 0.05) is 37.3 Å². The summed E-state index contributed by atoms with van der Waals surface area (Å²) >= 11 is 6.46. The standard InChI is InChI=1S/C24H30ClN3O2/c1-17-6-2-3-8-22(17)28-14-11-19(12-15-28)30-23-10-9-18(16-20(23)25)27-24(29)21-7-4-5-13-26-21/h2-3,6,8-10,16,19,21,26H,4-5,7,11-15H2,1H3,(H,27,29)/t21-/m1/s1. The summed E-state index contributed by atoms with van der Waals surface area (Å²) in [5, 5.41) is 6.76. The van der Waals surface area contributed by atoms with Gasteiger partial charge >= 0.3 is 0 Å². The highest BCUT2D eigenvalue weighted by Crippen LogP contribution is 2.31. The van der Waals surface area contributed by atoms with Gasteiger partial charge in [0.25, 0.3) is 0 Å². The highest BCUT2D eigenvalue weighted by molar-refractivity contribution is 6.32. The zero-order valence-electron chi connectivity index (χ0n) is 17.5. The number of anilines is 2. The van der Waals surface area contributed by atoms with Crippen LogP contribution in [0, 0.1) is 6.92 Å². The quantitative estimate of drug-likeness (QED) is 0.721. The molecular formula is C24H30ClN3O2. The first kappa shape index (κ1) is 21.0. The van der Waals surface area contributed by atoms with E-state index in [-0.39, 0.29) is 18.1 Å². The van der Waals surface area contributed by atoms with Crippen molar-refractivity contribution in [2.24, 2.45) is 0 Å². The molecule has 5 nitrogen and oxygen atoms in total. The zero-order chi connectivity index (χ0) is 20.9. The van der Waals surface area contributed by atoms with Gasteiger partial charge in [0.05, 0.1) is 11.1 Å². The van der Waals surface area contributed by atoms with Crippen LogP contribution in [-0.2, 0) is 4.79 Å². The third-order valence-corrected chi connectivity index (χ3v) is 6.31. The maximum Gasteiger partial charge on any atom is 0.241 e. The van der Waals surface area contributed by atoms with E-state index < -0.39 is 0 Å². The Bertz CT molecular complexity index is 875. The molecule has 6 heteroatoms. The van der Waals surface area contributed by atoms with Crippen LogP contribution in [0.1, 0.15) is 37.7 Å². The van der Waals surface area contributed by atoms with Crippen LogP contribution < -0.4 is 20.3 Å². The number of benzene rings is 2. The Balaban J connectivity index is 1.31. The number of hydrogen-bond donors (Lipinski definition) is 2.